The molecule has 3 N–H and O–H groups in total. The summed E-state index contributed by atoms with van der Waals surface area (Å²) in [6.07, 6.45) is 4.66. The van der Waals surface area contributed by atoms with E-state index in [4.69, 9.17) is 5.73 Å². The van der Waals surface area contributed by atoms with E-state index in [0.29, 0.717) is 23.5 Å². The molecule has 1 aliphatic heterocycles. The van der Waals surface area contributed by atoms with Crippen molar-refractivity contribution in [1.29, 1.82) is 0 Å². The summed E-state index contributed by atoms with van der Waals surface area (Å²) in [5, 5.41) is 6.89. The van der Waals surface area contributed by atoms with Crippen LogP contribution in [-0.2, 0) is 7.05 Å². The maximum atomic E-state index is 12.2. The molecule has 3 rings (SSSR count). The van der Waals surface area contributed by atoms with Gasteiger partial charge in [-0.3, -0.25) is 14.5 Å². The molecule has 1 radical (unpaired) electrons. The van der Waals surface area contributed by atoms with Gasteiger partial charge in [0.15, 0.2) is 5.65 Å². The molecule has 7 nitrogen and oxygen atoms in total. The molecule has 7 heteroatoms. The van der Waals surface area contributed by atoms with Gasteiger partial charge in [0.1, 0.15) is 11.6 Å². The molecule has 3 heterocycles. The lowest BCUT2D eigenvalue weighted by molar-refractivity contribution is 0.256. The first-order valence-electron chi connectivity index (χ1n) is 6.82. The Balaban J connectivity index is 1.95. The van der Waals surface area contributed by atoms with Crippen molar-refractivity contribution in [1.82, 2.24) is 19.7 Å². The molecule has 0 aromatic carbocycles. The van der Waals surface area contributed by atoms with Gasteiger partial charge in [-0.2, -0.15) is 10.1 Å². The van der Waals surface area contributed by atoms with Crippen LogP contribution in [0.25, 0.3) is 11.0 Å². The molecule has 107 valence electrons. The van der Waals surface area contributed by atoms with Crippen molar-refractivity contribution < 1.29 is 0 Å². The third-order valence-electron chi connectivity index (χ3n) is 4.34. The number of aromatic amines is 1. The highest BCUT2D eigenvalue weighted by Gasteiger charge is 2.30. The van der Waals surface area contributed by atoms with Crippen LogP contribution in [0.2, 0.25) is 0 Å². The summed E-state index contributed by atoms with van der Waals surface area (Å²) in [5.74, 6) is 0.680. The van der Waals surface area contributed by atoms with Gasteiger partial charge in [0.2, 0.25) is 5.95 Å². The van der Waals surface area contributed by atoms with Crippen LogP contribution >= 0.6 is 0 Å². The second-order valence-electron chi connectivity index (χ2n) is 5.84. The van der Waals surface area contributed by atoms with Crippen molar-refractivity contribution in [3.05, 3.63) is 16.6 Å². The fourth-order valence-electron chi connectivity index (χ4n) is 2.64. The molecule has 0 aliphatic carbocycles. The number of H-pyrrole nitrogens is 1. The van der Waals surface area contributed by atoms with E-state index < -0.39 is 0 Å². The molecular formula is C13H19N6O. The molecule has 0 atom stereocenters. The highest BCUT2D eigenvalue weighted by molar-refractivity contribution is 5.73. The summed E-state index contributed by atoms with van der Waals surface area (Å²) in [6, 6.07) is 0. The highest BCUT2D eigenvalue weighted by Crippen LogP contribution is 2.31. The largest absolute Gasteiger partial charge is 0.342 e. The van der Waals surface area contributed by atoms with Crippen LogP contribution in [0, 0.1) is 11.6 Å². The molecule has 2 aromatic heterocycles. The average molecular weight is 275 g/mol. The number of anilines is 1. The SMILES string of the molecule is Cn1c(N2CCC(C)(CN)CC2)nc2[nH]n[c]c2c1=O. The minimum Gasteiger partial charge on any atom is -0.342 e. The van der Waals surface area contributed by atoms with Crippen LogP contribution < -0.4 is 16.2 Å². The van der Waals surface area contributed by atoms with E-state index in [9.17, 15) is 4.79 Å². The number of hydrogen-bond donors (Lipinski definition) is 2. The Kier molecular flexibility index (Phi) is 3.01. The minimum atomic E-state index is -0.120. The zero-order valence-electron chi connectivity index (χ0n) is 11.8. The number of aromatic nitrogens is 4. The van der Waals surface area contributed by atoms with E-state index >= 15 is 0 Å². The normalized spacial score (nSPS) is 18.6. The third-order valence-corrected chi connectivity index (χ3v) is 4.34. The molecule has 0 bridgehead atoms. The number of fused-ring (bicyclic) bond motifs is 1. The Morgan fingerprint density at radius 2 is 2.15 bits per heavy atom. The topological polar surface area (TPSA) is 92.8 Å². The second kappa shape index (κ2) is 4.59. The van der Waals surface area contributed by atoms with Gasteiger partial charge in [-0.05, 0) is 24.8 Å². The van der Waals surface area contributed by atoms with E-state index in [0.717, 1.165) is 25.9 Å². The monoisotopic (exact) mass is 275 g/mol. The first-order chi connectivity index (χ1) is 9.54. The third kappa shape index (κ3) is 1.98. The van der Waals surface area contributed by atoms with Gasteiger partial charge >= 0.3 is 0 Å². The Labute approximate surface area is 116 Å². The smallest absolute Gasteiger partial charge is 0.266 e. The van der Waals surface area contributed by atoms with Crippen molar-refractivity contribution in [3.8, 4) is 0 Å². The van der Waals surface area contributed by atoms with Crippen LogP contribution in [0.15, 0.2) is 4.79 Å². The van der Waals surface area contributed by atoms with Crippen LogP contribution in [0.4, 0.5) is 5.95 Å². The van der Waals surface area contributed by atoms with Crippen LogP contribution in [-0.4, -0.2) is 39.4 Å². The molecule has 1 fully saturated rings. The quantitative estimate of drug-likeness (QED) is 0.806. The molecule has 20 heavy (non-hydrogen) atoms. The lowest BCUT2D eigenvalue weighted by Crippen LogP contribution is -2.44. The van der Waals surface area contributed by atoms with Gasteiger partial charge < -0.3 is 10.6 Å². The summed E-state index contributed by atoms with van der Waals surface area (Å²) >= 11 is 0. The first-order valence-corrected chi connectivity index (χ1v) is 6.82. The summed E-state index contributed by atoms with van der Waals surface area (Å²) in [7, 11) is 1.74. The lowest BCUT2D eigenvalue weighted by Gasteiger charge is -2.39. The van der Waals surface area contributed by atoms with Gasteiger partial charge in [-0.1, -0.05) is 6.92 Å². The fraction of sp³-hybridized carbons (Fsp3) is 0.615. The van der Waals surface area contributed by atoms with E-state index in [1.165, 1.54) is 0 Å². The number of nitrogens with zero attached hydrogens (tertiary/aromatic N) is 4. The van der Waals surface area contributed by atoms with Crippen LogP contribution in [0.3, 0.4) is 0 Å². The second-order valence-corrected chi connectivity index (χ2v) is 5.84. The van der Waals surface area contributed by atoms with Gasteiger partial charge in [-0.15, -0.1) is 0 Å². The maximum absolute atomic E-state index is 12.2. The van der Waals surface area contributed by atoms with E-state index in [1.54, 1.807) is 11.6 Å². The van der Waals surface area contributed by atoms with Crippen molar-refractivity contribution in [2.75, 3.05) is 24.5 Å². The molecule has 0 saturated carbocycles. The van der Waals surface area contributed by atoms with Gasteiger partial charge in [0.05, 0.1) is 0 Å². The average Bonchev–Trinajstić information content (AvgIpc) is 2.92. The summed E-state index contributed by atoms with van der Waals surface area (Å²) < 4.78 is 1.57. The highest BCUT2D eigenvalue weighted by atomic mass is 16.1. The predicted molar refractivity (Wildman–Crippen MR) is 76.6 cm³/mol. The molecule has 0 amide bonds. The maximum Gasteiger partial charge on any atom is 0.266 e. The minimum absolute atomic E-state index is 0.120. The van der Waals surface area contributed by atoms with Gasteiger partial charge in [0.25, 0.3) is 5.56 Å². The van der Waals surface area contributed by atoms with E-state index in [1.807, 2.05) is 0 Å². The van der Waals surface area contributed by atoms with Crippen LogP contribution in [0.5, 0.6) is 0 Å². The van der Waals surface area contributed by atoms with Crippen molar-refractivity contribution >= 4 is 17.0 Å². The number of piperidine rings is 1. The zero-order valence-corrected chi connectivity index (χ0v) is 11.8. The Morgan fingerprint density at radius 1 is 1.45 bits per heavy atom. The predicted octanol–water partition coefficient (Wildman–Crippen LogP) is 0.0220. The number of hydrogen-bond acceptors (Lipinski definition) is 5. The standard InChI is InChI=1S/C13H19N6O/c1-13(8-14)3-5-19(6-4-13)12-16-10-9(7-15-17-10)11(20)18(12)2/h3-6,8,14H2,1-2H3,(H,15,17). The molecule has 1 aliphatic rings. The van der Waals surface area contributed by atoms with Gasteiger partial charge in [0, 0.05) is 20.1 Å². The Hall–Kier alpha value is -1.89. The Bertz CT molecular complexity index is 680. The van der Waals surface area contributed by atoms with Crippen molar-refractivity contribution in [2.45, 2.75) is 19.8 Å². The lowest BCUT2D eigenvalue weighted by atomic mass is 9.81. The fourth-order valence-corrected chi connectivity index (χ4v) is 2.64. The van der Waals surface area contributed by atoms with E-state index in [-0.39, 0.29) is 11.0 Å². The molecule has 1 saturated heterocycles. The molecule has 2 aromatic rings. The van der Waals surface area contributed by atoms with Crippen molar-refractivity contribution in [2.24, 2.45) is 18.2 Å². The summed E-state index contributed by atoms with van der Waals surface area (Å²) in [6.45, 7) is 4.63. The zero-order chi connectivity index (χ0) is 14.3. The molecule has 0 spiro atoms. The number of rotatable bonds is 2. The number of nitrogens with two attached hydrogens (primary N) is 1. The van der Waals surface area contributed by atoms with Crippen LogP contribution in [0.1, 0.15) is 19.8 Å². The van der Waals surface area contributed by atoms with Crippen molar-refractivity contribution in [3.63, 3.8) is 0 Å². The first kappa shape index (κ1) is 13.1. The number of nitrogens with one attached hydrogen (secondary N) is 1. The molecular weight excluding hydrogens is 256 g/mol. The van der Waals surface area contributed by atoms with E-state index in [2.05, 4.69) is 33.2 Å². The van der Waals surface area contributed by atoms with Gasteiger partial charge in [-0.25, -0.2) is 0 Å². The molecule has 0 unspecified atom stereocenters. The Morgan fingerprint density at radius 3 is 2.80 bits per heavy atom. The summed E-state index contributed by atoms with van der Waals surface area (Å²) in [5.41, 5.74) is 6.40. The summed E-state index contributed by atoms with van der Waals surface area (Å²) in [4.78, 5) is 18.9.